The van der Waals surface area contributed by atoms with E-state index in [-0.39, 0.29) is 23.1 Å². The average molecular weight is 321 g/mol. The van der Waals surface area contributed by atoms with Crippen LogP contribution < -0.4 is 5.32 Å². The normalized spacial score (nSPS) is 14.1. The second-order valence-electron chi connectivity index (χ2n) is 5.53. The molecule has 0 atom stereocenters. The second kappa shape index (κ2) is 5.98. The van der Waals surface area contributed by atoms with Crippen LogP contribution in [0.3, 0.4) is 0 Å². The zero-order valence-corrected chi connectivity index (χ0v) is 12.3. The van der Waals surface area contributed by atoms with Crippen LogP contribution in [0.25, 0.3) is 0 Å². The van der Waals surface area contributed by atoms with E-state index in [9.17, 15) is 18.0 Å². The Bertz CT molecular complexity index is 740. The zero-order chi connectivity index (χ0) is 16.6. The highest BCUT2D eigenvalue weighted by Crippen LogP contribution is 2.38. The third-order valence-electron chi connectivity index (χ3n) is 3.59. The minimum absolute atomic E-state index is 0.0390. The first-order chi connectivity index (χ1) is 10.9. The summed E-state index contributed by atoms with van der Waals surface area (Å²) in [4.78, 5) is 20.1. The molecule has 0 bridgehead atoms. The number of halogens is 3. The lowest BCUT2D eigenvalue weighted by Crippen LogP contribution is -2.16. The summed E-state index contributed by atoms with van der Waals surface area (Å²) in [6.07, 6.45) is -1.12. The summed E-state index contributed by atoms with van der Waals surface area (Å²) in [5.41, 5.74) is 0.0737. The Morgan fingerprint density at radius 1 is 1.26 bits per heavy atom. The number of carbonyl (C=O) groups excluding carboxylic acids is 1. The Hall–Kier alpha value is -2.44. The Morgan fingerprint density at radius 3 is 2.61 bits per heavy atom. The highest BCUT2D eigenvalue weighted by Gasteiger charge is 2.29. The minimum atomic E-state index is -2.78. The molecule has 1 saturated carbocycles. The quantitative estimate of drug-likeness (QED) is 0.926. The van der Waals surface area contributed by atoms with E-state index in [1.165, 1.54) is 18.2 Å². The third kappa shape index (κ3) is 3.49. The van der Waals surface area contributed by atoms with Gasteiger partial charge in [-0.25, -0.2) is 23.1 Å². The van der Waals surface area contributed by atoms with Crippen molar-refractivity contribution in [3.05, 3.63) is 52.9 Å². The number of alkyl halides is 2. The molecular weight excluding hydrogens is 307 g/mol. The lowest BCUT2D eigenvalue weighted by molar-refractivity contribution is 0.102. The molecule has 1 amide bonds. The predicted molar refractivity (Wildman–Crippen MR) is 78.1 cm³/mol. The fraction of sp³-hybridized carbons (Fsp3) is 0.312. The van der Waals surface area contributed by atoms with Crippen molar-refractivity contribution in [1.82, 2.24) is 9.97 Å². The molecule has 1 aliphatic carbocycles. The summed E-state index contributed by atoms with van der Waals surface area (Å²) in [6.45, 7) is 1.60. The van der Waals surface area contributed by atoms with Gasteiger partial charge in [-0.3, -0.25) is 4.79 Å². The zero-order valence-electron chi connectivity index (χ0n) is 12.3. The smallest absolute Gasteiger partial charge is 0.280 e. The predicted octanol–water partition coefficient (Wildman–Crippen LogP) is 3.99. The molecule has 4 nitrogen and oxygen atoms in total. The SMILES string of the molecule is Cc1ccc(NC(=O)c2cc(C(F)F)nc(C3CC3)n2)cc1F. The van der Waals surface area contributed by atoms with E-state index in [0.717, 1.165) is 18.9 Å². The van der Waals surface area contributed by atoms with Gasteiger partial charge >= 0.3 is 0 Å². The fourth-order valence-corrected chi connectivity index (χ4v) is 2.10. The maximum absolute atomic E-state index is 13.5. The van der Waals surface area contributed by atoms with Crippen molar-refractivity contribution < 1.29 is 18.0 Å². The summed E-state index contributed by atoms with van der Waals surface area (Å²) < 4.78 is 39.4. The maximum atomic E-state index is 13.5. The van der Waals surface area contributed by atoms with E-state index >= 15 is 0 Å². The molecule has 1 heterocycles. The largest absolute Gasteiger partial charge is 0.321 e. The molecule has 1 aliphatic rings. The first kappa shape index (κ1) is 15.5. The number of rotatable bonds is 4. The van der Waals surface area contributed by atoms with Gasteiger partial charge in [0.2, 0.25) is 0 Å². The first-order valence-electron chi connectivity index (χ1n) is 7.18. The van der Waals surface area contributed by atoms with Crippen molar-refractivity contribution in [3.63, 3.8) is 0 Å². The molecule has 7 heteroatoms. The summed E-state index contributed by atoms with van der Waals surface area (Å²) >= 11 is 0. The standard InChI is InChI=1S/C16H14F3N3O/c1-8-2-5-10(6-11(8)17)20-16(23)13-7-12(14(18)19)21-15(22-13)9-3-4-9/h2,5-7,9,14H,3-4H2,1H3,(H,20,23). The number of benzene rings is 1. The number of amides is 1. The molecule has 0 spiro atoms. The van der Waals surface area contributed by atoms with E-state index in [1.807, 2.05) is 0 Å². The minimum Gasteiger partial charge on any atom is -0.321 e. The molecular formula is C16H14F3N3O. The van der Waals surface area contributed by atoms with Crippen LogP contribution >= 0.6 is 0 Å². The molecule has 1 fully saturated rings. The van der Waals surface area contributed by atoms with E-state index in [0.29, 0.717) is 5.56 Å². The topological polar surface area (TPSA) is 54.9 Å². The number of anilines is 1. The van der Waals surface area contributed by atoms with Crippen molar-refractivity contribution in [3.8, 4) is 0 Å². The number of hydrogen-bond acceptors (Lipinski definition) is 3. The fourth-order valence-electron chi connectivity index (χ4n) is 2.10. The van der Waals surface area contributed by atoms with Crippen LogP contribution in [0.15, 0.2) is 24.3 Å². The summed E-state index contributed by atoms with van der Waals surface area (Å²) in [6, 6.07) is 5.19. The van der Waals surface area contributed by atoms with Crippen LogP contribution in [-0.4, -0.2) is 15.9 Å². The van der Waals surface area contributed by atoms with E-state index < -0.39 is 23.8 Å². The van der Waals surface area contributed by atoms with E-state index in [2.05, 4.69) is 15.3 Å². The summed E-state index contributed by atoms with van der Waals surface area (Å²) in [5.74, 6) is -0.822. The van der Waals surface area contributed by atoms with Gasteiger partial charge in [0.25, 0.3) is 12.3 Å². The molecule has 1 N–H and O–H groups in total. The van der Waals surface area contributed by atoms with E-state index in [4.69, 9.17) is 0 Å². The van der Waals surface area contributed by atoms with Gasteiger partial charge in [-0.05, 0) is 43.5 Å². The molecule has 0 saturated heterocycles. The van der Waals surface area contributed by atoms with Gasteiger partial charge in [0.1, 0.15) is 23.0 Å². The lowest BCUT2D eigenvalue weighted by Gasteiger charge is -2.09. The molecule has 2 aromatic rings. The number of hydrogen-bond donors (Lipinski definition) is 1. The first-order valence-corrected chi connectivity index (χ1v) is 7.18. The Balaban J connectivity index is 1.87. The molecule has 0 radical (unpaired) electrons. The third-order valence-corrected chi connectivity index (χ3v) is 3.59. The Labute approximate surface area is 130 Å². The van der Waals surface area contributed by atoms with Gasteiger partial charge in [0, 0.05) is 11.6 Å². The van der Waals surface area contributed by atoms with Crippen molar-refractivity contribution >= 4 is 11.6 Å². The monoisotopic (exact) mass is 321 g/mol. The van der Waals surface area contributed by atoms with Crippen LogP contribution in [0.1, 0.15) is 52.8 Å². The molecule has 0 unspecified atom stereocenters. The molecule has 3 rings (SSSR count). The van der Waals surface area contributed by atoms with E-state index in [1.54, 1.807) is 6.92 Å². The van der Waals surface area contributed by atoms with Gasteiger partial charge in [-0.15, -0.1) is 0 Å². The lowest BCUT2D eigenvalue weighted by atomic mass is 10.2. The van der Waals surface area contributed by atoms with Crippen molar-refractivity contribution in [2.45, 2.75) is 32.1 Å². The van der Waals surface area contributed by atoms with Gasteiger partial charge in [0.15, 0.2) is 0 Å². The Kier molecular flexibility index (Phi) is 4.02. The number of nitrogens with zero attached hydrogens (tertiary/aromatic N) is 2. The van der Waals surface area contributed by atoms with Gasteiger partial charge in [-0.2, -0.15) is 0 Å². The Morgan fingerprint density at radius 2 is 2.00 bits per heavy atom. The number of aromatic nitrogens is 2. The van der Waals surface area contributed by atoms with Crippen LogP contribution in [-0.2, 0) is 0 Å². The molecule has 0 aliphatic heterocycles. The highest BCUT2D eigenvalue weighted by molar-refractivity contribution is 6.02. The molecule has 1 aromatic carbocycles. The van der Waals surface area contributed by atoms with Crippen LogP contribution in [0.2, 0.25) is 0 Å². The van der Waals surface area contributed by atoms with Crippen LogP contribution in [0.4, 0.5) is 18.9 Å². The second-order valence-corrected chi connectivity index (χ2v) is 5.53. The van der Waals surface area contributed by atoms with Gasteiger partial charge in [0.05, 0.1) is 0 Å². The summed E-state index contributed by atoms with van der Waals surface area (Å²) in [5, 5.41) is 2.46. The maximum Gasteiger partial charge on any atom is 0.280 e. The molecule has 23 heavy (non-hydrogen) atoms. The molecule has 120 valence electrons. The van der Waals surface area contributed by atoms with Crippen molar-refractivity contribution in [1.29, 1.82) is 0 Å². The van der Waals surface area contributed by atoms with Crippen LogP contribution in [0, 0.1) is 12.7 Å². The van der Waals surface area contributed by atoms with Crippen molar-refractivity contribution in [2.24, 2.45) is 0 Å². The van der Waals surface area contributed by atoms with Gasteiger partial charge < -0.3 is 5.32 Å². The number of carbonyl (C=O) groups is 1. The number of aryl methyl sites for hydroxylation is 1. The van der Waals surface area contributed by atoms with Gasteiger partial charge in [-0.1, -0.05) is 6.07 Å². The van der Waals surface area contributed by atoms with Crippen molar-refractivity contribution in [2.75, 3.05) is 5.32 Å². The molecule has 1 aromatic heterocycles. The van der Waals surface area contributed by atoms with Crippen LogP contribution in [0.5, 0.6) is 0 Å². The summed E-state index contributed by atoms with van der Waals surface area (Å²) in [7, 11) is 0. The number of nitrogens with one attached hydrogen (secondary N) is 1. The highest BCUT2D eigenvalue weighted by atomic mass is 19.3. The average Bonchev–Trinajstić information content (AvgIpc) is 3.35.